The standard InChI is InChI=1S/C20H22N6OS2.ClH/c1-11-15(10-22-25-11)12-3-4-14(16(27)9-12)17-23-18-19(28-17)24-20(29-18)26(2)13-5-7-21-8-6-13;/h3-4,9-10,13,21,27H,5-8H2,1-2H3,(H,22,25);1H/i1D3;. The van der Waals surface area contributed by atoms with Gasteiger partial charge in [0.25, 0.3) is 0 Å². The second-order valence-corrected chi connectivity index (χ2v) is 9.04. The molecule has 1 fully saturated rings. The van der Waals surface area contributed by atoms with E-state index in [-0.39, 0.29) is 23.9 Å². The number of nitrogens with one attached hydrogen (secondary N) is 2. The zero-order valence-electron chi connectivity index (χ0n) is 19.2. The van der Waals surface area contributed by atoms with E-state index in [1.165, 1.54) is 17.5 Å². The number of aromatic amines is 1. The second-order valence-electron chi connectivity index (χ2n) is 7.11. The molecule has 0 spiro atoms. The van der Waals surface area contributed by atoms with Crippen LogP contribution in [0.1, 0.15) is 22.6 Å². The molecule has 0 atom stereocenters. The maximum atomic E-state index is 10.7. The number of aromatic hydroxyl groups is 1. The molecule has 1 aromatic carbocycles. The number of anilines is 1. The first-order valence-electron chi connectivity index (χ1n) is 10.9. The predicted molar refractivity (Wildman–Crippen MR) is 126 cm³/mol. The van der Waals surface area contributed by atoms with Crippen molar-refractivity contribution >= 4 is 49.9 Å². The van der Waals surface area contributed by atoms with E-state index in [4.69, 9.17) is 14.1 Å². The molecule has 158 valence electrons. The Kier molecular flexibility index (Phi) is 4.95. The third-order valence-corrected chi connectivity index (χ3v) is 7.45. The maximum absolute atomic E-state index is 10.7. The van der Waals surface area contributed by atoms with Gasteiger partial charge in [-0.2, -0.15) is 5.10 Å². The quantitative estimate of drug-likeness (QED) is 0.413. The Morgan fingerprint density at radius 3 is 2.70 bits per heavy atom. The third-order valence-electron chi connectivity index (χ3n) is 5.30. The first kappa shape index (κ1) is 17.5. The molecule has 4 aromatic rings. The largest absolute Gasteiger partial charge is 0.507 e. The number of phenolic OH excluding ortho intramolecular Hbond substituents is 1. The Balaban J connectivity index is 0.00000259. The highest BCUT2D eigenvalue weighted by atomic mass is 35.5. The summed E-state index contributed by atoms with van der Waals surface area (Å²) in [5.74, 6) is 0.0358. The van der Waals surface area contributed by atoms with E-state index in [1.54, 1.807) is 29.5 Å². The van der Waals surface area contributed by atoms with Gasteiger partial charge < -0.3 is 15.3 Å². The summed E-state index contributed by atoms with van der Waals surface area (Å²) in [4.78, 5) is 13.4. The van der Waals surface area contributed by atoms with E-state index in [0.717, 1.165) is 40.7 Å². The van der Waals surface area contributed by atoms with Gasteiger partial charge in [-0.1, -0.05) is 28.7 Å². The topological polar surface area (TPSA) is 90.0 Å². The number of hydrogen-bond donors (Lipinski definition) is 3. The Bertz CT molecular complexity index is 1230. The molecule has 1 aliphatic heterocycles. The molecule has 1 aliphatic rings. The van der Waals surface area contributed by atoms with E-state index in [1.807, 2.05) is 0 Å². The molecule has 3 N–H and O–H groups in total. The summed E-state index contributed by atoms with van der Waals surface area (Å²) in [6, 6.07) is 5.56. The first-order chi connectivity index (χ1) is 15.3. The summed E-state index contributed by atoms with van der Waals surface area (Å²) in [7, 11) is 2.09. The van der Waals surface area contributed by atoms with Gasteiger partial charge in [0, 0.05) is 28.5 Å². The number of nitrogens with zero attached hydrogens (tertiary/aromatic N) is 4. The van der Waals surface area contributed by atoms with Gasteiger partial charge in [-0.05, 0) is 50.5 Å². The fourth-order valence-corrected chi connectivity index (χ4v) is 5.74. The van der Waals surface area contributed by atoms with Crippen LogP contribution in [0.15, 0.2) is 24.4 Å². The van der Waals surface area contributed by atoms with Crippen LogP contribution in [0.2, 0.25) is 0 Å². The first-order valence-corrected chi connectivity index (χ1v) is 11.0. The molecular weight excluding hydrogens is 440 g/mol. The van der Waals surface area contributed by atoms with Crippen molar-refractivity contribution in [1.29, 1.82) is 0 Å². The minimum Gasteiger partial charge on any atom is -0.507 e. The van der Waals surface area contributed by atoms with Gasteiger partial charge in [-0.25, -0.2) is 9.97 Å². The molecule has 5 rings (SSSR count). The van der Waals surface area contributed by atoms with Crippen LogP contribution in [0.3, 0.4) is 0 Å². The van der Waals surface area contributed by atoms with Gasteiger partial charge in [-0.15, -0.1) is 12.4 Å². The lowest BCUT2D eigenvalue weighted by molar-refractivity contribution is 0.443. The SMILES string of the molecule is Cl.[2H]C([2H])([2H])c1[nH]ncc1-c1ccc(-c2nc3sc(N(C)C4CCNCC4)nc3s2)c(O)c1. The van der Waals surface area contributed by atoms with Gasteiger partial charge in [0.2, 0.25) is 0 Å². The summed E-state index contributed by atoms with van der Waals surface area (Å²) in [5, 5.41) is 22.1. The lowest BCUT2D eigenvalue weighted by Gasteiger charge is -2.31. The summed E-state index contributed by atoms with van der Waals surface area (Å²) >= 11 is 3.00. The monoisotopic (exact) mass is 465 g/mol. The van der Waals surface area contributed by atoms with Crippen LogP contribution in [0.5, 0.6) is 5.75 Å². The smallest absolute Gasteiger partial charge is 0.188 e. The normalized spacial score (nSPS) is 16.6. The fraction of sp³-hybridized carbons (Fsp3) is 0.350. The van der Waals surface area contributed by atoms with Crippen LogP contribution in [0.25, 0.3) is 31.4 Å². The molecule has 0 bridgehead atoms. The van der Waals surface area contributed by atoms with Crippen LogP contribution in [0.4, 0.5) is 5.13 Å². The molecule has 0 unspecified atom stereocenters. The fourth-order valence-electron chi connectivity index (χ4n) is 3.63. The summed E-state index contributed by atoms with van der Waals surface area (Å²) in [6.07, 6.45) is 3.66. The Hall–Kier alpha value is -2.20. The minimum atomic E-state index is -2.32. The molecule has 4 heterocycles. The molecule has 30 heavy (non-hydrogen) atoms. The van der Waals surface area contributed by atoms with Crippen molar-refractivity contribution in [3.63, 3.8) is 0 Å². The number of rotatable bonds is 4. The average Bonchev–Trinajstić information content (AvgIpc) is 3.48. The van der Waals surface area contributed by atoms with Gasteiger partial charge in [-0.3, -0.25) is 5.10 Å². The highest BCUT2D eigenvalue weighted by Crippen LogP contribution is 2.40. The van der Waals surface area contributed by atoms with Crippen molar-refractivity contribution in [2.24, 2.45) is 0 Å². The number of phenols is 1. The number of H-pyrrole nitrogens is 1. The maximum Gasteiger partial charge on any atom is 0.188 e. The molecule has 7 nitrogen and oxygen atoms in total. The van der Waals surface area contributed by atoms with Crippen LogP contribution in [0, 0.1) is 6.85 Å². The van der Waals surface area contributed by atoms with E-state index in [9.17, 15) is 5.11 Å². The molecule has 0 saturated carbocycles. The molecule has 0 radical (unpaired) electrons. The lowest BCUT2D eigenvalue weighted by atomic mass is 10.0. The van der Waals surface area contributed by atoms with Crippen LogP contribution in [-0.2, 0) is 0 Å². The van der Waals surface area contributed by atoms with Gasteiger partial charge in [0.1, 0.15) is 10.8 Å². The Labute approximate surface area is 192 Å². The van der Waals surface area contributed by atoms with E-state index in [0.29, 0.717) is 27.7 Å². The van der Waals surface area contributed by atoms with E-state index < -0.39 is 6.85 Å². The number of piperidine rings is 1. The van der Waals surface area contributed by atoms with Crippen molar-refractivity contribution in [2.45, 2.75) is 25.7 Å². The summed E-state index contributed by atoms with van der Waals surface area (Å²) < 4.78 is 22.9. The van der Waals surface area contributed by atoms with Crippen LogP contribution in [-0.4, -0.2) is 51.5 Å². The number of halogens is 1. The average molecular weight is 466 g/mol. The predicted octanol–water partition coefficient (Wildman–Crippen LogP) is 4.43. The molecule has 1 saturated heterocycles. The highest BCUT2D eigenvalue weighted by molar-refractivity contribution is 7.29. The van der Waals surface area contributed by atoms with Crippen molar-refractivity contribution in [3.05, 3.63) is 30.1 Å². The number of aryl methyl sites for hydroxylation is 1. The Morgan fingerprint density at radius 2 is 1.97 bits per heavy atom. The zero-order valence-corrected chi connectivity index (χ0v) is 18.6. The van der Waals surface area contributed by atoms with Crippen LogP contribution < -0.4 is 10.2 Å². The third kappa shape index (κ3) is 3.78. The summed E-state index contributed by atoms with van der Waals surface area (Å²) in [6.45, 7) is -0.261. The number of fused-ring (bicyclic) bond motifs is 1. The van der Waals surface area contributed by atoms with Gasteiger partial charge >= 0.3 is 0 Å². The number of benzene rings is 1. The van der Waals surface area contributed by atoms with Gasteiger partial charge in [0.15, 0.2) is 14.8 Å². The van der Waals surface area contributed by atoms with Crippen LogP contribution >= 0.6 is 35.1 Å². The molecule has 10 heteroatoms. The molecule has 0 amide bonds. The Morgan fingerprint density at radius 1 is 1.17 bits per heavy atom. The van der Waals surface area contributed by atoms with Crippen molar-refractivity contribution in [1.82, 2.24) is 25.5 Å². The van der Waals surface area contributed by atoms with Crippen molar-refractivity contribution < 1.29 is 9.22 Å². The highest BCUT2D eigenvalue weighted by Gasteiger charge is 2.22. The van der Waals surface area contributed by atoms with E-state index in [2.05, 4.69) is 27.5 Å². The van der Waals surface area contributed by atoms with Crippen molar-refractivity contribution in [2.75, 3.05) is 25.0 Å². The van der Waals surface area contributed by atoms with Gasteiger partial charge in [0.05, 0.1) is 11.8 Å². The lowest BCUT2D eigenvalue weighted by Crippen LogP contribution is -2.41. The number of aromatic nitrogens is 4. The summed E-state index contributed by atoms with van der Waals surface area (Å²) in [5.41, 5.74) is 1.66. The van der Waals surface area contributed by atoms with E-state index >= 15 is 0 Å². The van der Waals surface area contributed by atoms with Crippen molar-refractivity contribution in [3.8, 4) is 27.4 Å². The number of hydrogen-bond acceptors (Lipinski definition) is 8. The molecular formula is C20H23ClN6OS2. The zero-order chi connectivity index (χ0) is 22.5. The minimum absolute atomic E-state index is 0. The molecule has 0 aliphatic carbocycles. The number of thiazole rings is 2. The molecule has 3 aromatic heterocycles. The second kappa shape index (κ2) is 8.50.